The van der Waals surface area contributed by atoms with Gasteiger partial charge in [0.2, 0.25) is 5.91 Å². The predicted octanol–water partition coefficient (Wildman–Crippen LogP) is 4.48. The minimum Gasteiger partial charge on any atom is -0.356 e. The standard InChI is InChI=1S/C29H24N4O3/c34-25(30-23-14-7-12-18-17-8-3-5-13-22(17)31-26(18)23)16-32-27-19-9-1-2-10-20(19)29(36)33(27)24-15-6-4-11-21(24)28(32)35/h1-6,8-11,13,15,23,27,31H,7,12,14,16H2,(H,30,34). The number of aromatic nitrogens is 1. The SMILES string of the molecule is O=C(CN1C(=O)c2ccccc2N2C(=O)c3ccccc3C12)NC1CCCc2c1[nH]c1ccccc21. The lowest BCUT2D eigenvalue weighted by Crippen LogP contribution is -2.51. The Labute approximate surface area is 207 Å². The Kier molecular flexibility index (Phi) is 4.54. The second-order valence-corrected chi connectivity index (χ2v) is 9.66. The molecule has 3 aromatic carbocycles. The van der Waals surface area contributed by atoms with Crippen LogP contribution in [-0.2, 0) is 11.2 Å². The molecule has 0 fully saturated rings. The number of aryl methyl sites for hydroxylation is 1. The number of amides is 3. The number of fused-ring (bicyclic) bond motifs is 8. The Hall–Kier alpha value is -4.39. The average molecular weight is 477 g/mol. The first-order valence-corrected chi connectivity index (χ1v) is 12.3. The largest absolute Gasteiger partial charge is 0.356 e. The second-order valence-electron chi connectivity index (χ2n) is 9.66. The van der Waals surface area contributed by atoms with E-state index in [1.165, 1.54) is 15.8 Å². The summed E-state index contributed by atoms with van der Waals surface area (Å²) in [4.78, 5) is 47.1. The fraction of sp³-hybridized carbons (Fsp3) is 0.207. The normalized spacial score (nSPS) is 20.1. The van der Waals surface area contributed by atoms with E-state index in [1.807, 2.05) is 36.4 Å². The highest BCUT2D eigenvalue weighted by molar-refractivity contribution is 6.17. The van der Waals surface area contributed by atoms with Crippen molar-refractivity contribution >= 4 is 34.3 Å². The average Bonchev–Trinajstić information content (AvgIpc) is 3.43. The van der Waals surface area contributed by atoms with E-state index >= 15 is 0 Å². The maximum absolute atomic E-state index is 13.6. The van der Waals surface area contributed by atoms with Gasteiger partial charge in [0, 0.05) is 27.7 Å². The van der Waals surface area contributed by atoms with Gasteiger partial charge in [0.15, 0.2) is 0 Å². The zero-order valence-electron chi connectivity index (χ0n) is 19.5. The van der Waals surface area contributed by atoms with Crippen LogP contribution in [0, 0.1) is 0 Å². The minimum atomic E-state index is -0.642. The first kappa shape index (κ1) is 20.9. The summed E-state index contributed by atoms with van der Waals surface area (Å²) in [6.07, 6.45) is 2.15. The molecule has 3 amide bonds. The monoisotopic (exact) mass is 476 g/mol. The van der Waals surface area contributed by atoms with E-state index in [0.717, 1.165) is 36.0 Å². The molecule has 0 spiro atoms. The number of nitrogens with zero attached hydrogens (tertiary/aromatic N) is 2. The van der Waals surface area contributed by atoms with E-state index in [1.54, 1.807) is 29.2 Å². The van der Waals surface area contributed by atoms with Crippen LogP contribution < -0.4 is 10.2 Å². The summed E-state index contributed by atoms with van der Waals surface area (Å²) in [6.45, 7) is -0.137. The van der Waals surface area contributed by atoms with Crippen LogP contribution in [0.1, 0.15) is 62.6 Å². The first-order valence-electron chi connectivity index (χ1n) is 12.3. The molecule has 2 aliphatic heterocycles. The zero-order chi connectivity index (χ0) is 24.4. The summed E-state index contributed by atoms with van der Waals surface area (Å²) < 4.78 is 0. The fourth-order valence-corrected chi connectivity index (χ4v) is 6.09. The smallest absolute Gasteiger partial charge is 0.260 e. The van der Waals surface area contributed by atoms with E-state index in [2.05, 4.69) is 22.4 Å². The number of carbonyl (C=O) groups is 3. The number of hydrogen-bond acceptors (Lipinski definition) is 3. The second kappa shape index (κ2) is 7.81. The third-order valence-corrected chi connectivity index (χ3v) is 7.65. The van der Waals surface area contributed by atoms with Crippen LogP contribution in [-0.4, -0.2) is 34.2 Å². The third-order valence-electron chi connectivity index (χ3n) is 7.65. The first-order chi connectivity index (χ1) is 17.6. The van der Waals surface area contributed by atoms with Crippen molar-refractivity contribution < 1.29 is 14.4 Å². The Morgan fingerprint density at radius 2 is 1.67 bits per heavy atom. The molecule has 0 bridgehead atoms. The molecule has 3 heterocycles. The topological polar surface area (TPSA) is 85.5 Å². The van der Waals surface area contributed by atoms with E-state index in [4.69, 9.17) is 0 Å². The molecule has 4 aromatic rings. The Morgan fingerprint density at radius 3 is 2.56 bits per heavy atom. The van der Waals surface area contributed by atoms with Crippen molar-refractivity contribution in [1.29, 1.82) is 0 Å². The lowest BCUT2D eigenvalue weighted by molar-refractivity contribution is -0.123. The van der Waals surface area contributed by atoms with Crippen molar-refractivity contribution in [3.05, 3.63) is 101 Å². The van der Waals surface area contributed by atoms with Gasteiger partial charge in [-0.1, -0.05) is 48.5 Å². The number of anilines is 1. The molecule has 1 aromatic heterocycles. The summed E-state index contributed by atoms with van der Waals surface area (Å²) in [7, 11) is 0. The fourth-order valence-electron chi connectivity index (χ4n) is 6.09. The Morgan fingerprint density at radius 1 is 0.917 bits per heavy atom. The summed E-state index contributed by atoms with van der Waals surface area (Å²) in [5.74, 6) is -0.645. The molecule has 0 saturated heterocycles. The van der Waals surface area contributed by atoms with E-state index in [0.29, 0.717) is 16.8 Å². The Bertz CT molecular complexity index is 1570. The number of rotatable bonds is 3. The number of hydrogen-bond donors (Lipinski definition) is 2. The van der Waals surface area contributed by atoms with Gasteiger partial charge in [-0.3, -0.25) is 19.3 Å². The molecule has 2 unspecified atom stereocenters. The van der Waals surface area contributed by atoms with E-state index in [9.17, 15) is 14.4 Å². The Balaban J connectivity index is 1.22. The van der Waals surface area contributed by atoms with Crippen LogP contribution in [0.3, 0.4) is 0 Å². The molecule has 7 heteroatoms. The molecule has 7 rings (SSSR count). The molecule has 2 N–H and O–H groups in total. The molecular formula is C29H24N4O3. The molecular weight excluding hydrogens is 452 g/mol. The summed E-state index contributed by atoms with van der Waals surface area (Å²) >= 11 is 0. The number of para-hydroxylation sites is 2. The van der Waals surface area contributed by atoms with Crippen LogP contribution in [0.4, 0.5) is 5.69 Å². The highest BCUT2D eigenvalue weighted by Crippen LogP contribution is 2.45. The quantitative estimate of drug-likeness (QED) is 0.457. The van der Waals surface area contributed by atoms with Crippen LogP contribution in [0.2, 0.25) is 0 Å². The van der Waals surface area contributed by atoms with Crippen molar-refractivity contribution in [2.45, 2.75) is 31.5 Å². The molecule has 36 heavy (non-hydrogen) atoms. The molecule has 7 nitrogen and oxygen atoms in total. The van der Waals surface area contributed by atoms with Gasteiger partial charge in [0.1, 0.15) is 12.7 Å². The van der Waals surface area contributed by atoms with Gasteiger partial charge in [-0.25, -0.2) is 0 Å². The maximum atomic E-state index is 13.6. The molecule has 0 radical (unpaired) electrons. The van der Waals surface area contributed by atoms with Crippen molar-refractivity contribution in [3.63, 3.8) is 0 Å². The predicted molar refractivity (Wildman–Crippen MR) is 136 cm³/mol. The number of carbonyl (C=O) groups excluding carboxylic acids is 3. The maximum Gasteiger partial charge on any atom is 0.260 e. The summed E-state index contributed by atoms with van der Waals surface area (Å²) in [5.41, 5.74) is 5.70. The van der Waals surface area contributed by atoms with Crippen molar-refractivity contribution in [2.75, 3.05) is 11.4 Å². The minimum absolute atomic E-state index is 0.137. The van der Waals surface area contributed by atoms with E-state index in [-0.39, 0.29) is 30.3 Å². The highest BCUT2D eigenvalue weighted by Gasteiger charge is 2.48. The number of benzene rings is 3. The van der Waals surface area contributed by atoms with Crippen molar-refractivity contribution in [1.82, 2.24) is 15.2 Å². The van der Waals surface area contributed by atoms with Gasteiger partial charge in [-0.15, -0.1) is 0 Å². The number of nitrogens with one attached hydrogen (secondary N) is 2. The van der Waals surface area contributed by atoms with Gasteiger partial charge in [-0.05, 0) is 49.1 Å². The molecule has 2 atom stereocenters. The lowest BCUT2D eigenvalue weighted by Gasteiger charge is -2.40. The number of H-pyrrole nitrogens is 1. The van der Waals surface area contributed by atoms with Crippen LogP contribution >= 0.6 is 0 Å². The summed E-state index contributed by atoms with van der Waals surface area (Å²) in [6, 6.07) is 22.5. The van der Waals surface area contributed by atoms with Crippen molar-refractivity contribution in [3.8, 4) is 0 Å². The van der Waals surface area contributed by atoms with Crippen LogP contribution in [0.25, 0.3) is 10.9 Å². The van der Waals surface area contributed by atoms with Gasteiger partial charge >= 0.3 is 0 Å². The van der Waals surface area contributed by atoms with Gasteiger partial charge in [-0.2, -0.15) is 0 Å². The lowest BCUT2D eigenvalue weighted by atomic mass is 9.91. The summed E-state index contributed by atoms with van der Waals surface area (Å²) in [5, 5.41) is 4.38. The van der Waals surface area contributed by atoms with Crippen LogP contribution in [0.15, 0.2) is 72.8 Å². The zero-order valence-corrected chi connectivity index (χ0v) is 19.5. The van der Waals surface area contributed by atoms with Crippen LogP contribution in [0.5, 0.6) is 0 Å². The highest BCUT2D eigenvalue weighted by atomic mass is 16.2. The molecule has 1 aliphatic carbocycles. The van der Waals surface area contributed by atoms with Gasteiger partial charge in [0.05, 0.1) is 17.3 Å². The van der Waals surface area contributed by atoms with Gasteiger partial charge in [0.25, 0.3) is 11.8 Å². The van der Waals surface area contributed by atoms with Crippen molar-refractivity contribution in [2.24, 2.45) is 0 Å². The molecule has 0 saturated carbocycles. The van der Waals surface area contributed by atoms with E-state index < -0.39 is 6.17 Å². The number of aromatic amines is 1. The molecule has 178 valence electrons. The third kappa shape index (κ3) is 2.95. The molecule has 3 aliphatic rings. The van der Waals surface area contributed by atoms with Gasteiger partial charge < -0.3 is 15.2 Å².